The van der Waals surface area contributed by atoms with E-state index in [-0.39, 0.29) is 24.4 Å². The molecule has 4 heteroatoms. The number of nitrogens with two attached hydrogens (primary N) is 1. The molecule has 1 amide bonds. The van der Waals surface area contributed by atoms with E-state index >= 15 is 0 Å². The van der Waals surface area contributed by atoms with Crippen LogP contribution in [0, 0.1) is 11.8 Å². The molecule has 2 saturated carbocycles. The molecular formula is C16H23ClN2O. The fourth-order valence-corrected chi connectivity index (χ4v) is 3.71. The summed E-state index contributed by atoms with van der Waals surface area (Å²) in [5, 5.41) is 3.19. The first-order valence-electron chi connectivity index (χ1n) is 7.32. The number of hydrogen-bond acceptors (Lipinski definition) is 2. The summed E-state index contributed by atoms with van der Waals surface area (Å²) in [6, 6.07) is 10.1. The highest BCUT2D eigenvalue weighted by molar-refractivity contribution is 5.85. The Morgan fingerprint density at radius 1 is 1.25 bits per heavy atom. The van der Waals surface area contributed by atoms with E-state index in [9.17, 15) is 4.79 Å². The van der Waals surface area contributed by atoms with Crippen molar-refractivity contribution >= 4 is 18.3 Å². The number of carbonyl (C=O) groups excluding carboxylic acids is 1. The smallest absolute Gasteiger partial charge is 0.222 e. The van der Waals surface area contributed by atoms with Gasteiger partial charge in [-0.1, -0.05) is 36.8 Å². The van der Waals surface area contributed by atoms with Crippen LogP contribution < -0.4 is 11.1 Å². The van der Waals surface area contributed by atoms with Crippen molar-refractivity contribution in [1.29, 1.82) is 0 Å². The Labute approximate surface area is 126 Å². The molecule has 2 aliphatic carbocycles. The highest BCUT2D eigenvalue weighted by Gasteiger charge is 2.40. The van der Waals surface area contributed by atoms with Gasteiger partial charge in [-0.25, -0.2) is 0 Å². The van der Waals surface area contributed by atoms with Crippen LogP contribution in [0.5, 0.6) is 0 Å². The van der Waals surface area contributed by atoms with E-state index < -0.39 is 0 Å². The fraction of sp³-hybridized carbons (Fsp3) is 0.562. The normalized spacial score (nSPS) is 28.8. The third-order valence-electron chi connectivity index (χ3n) is 4.72. The van der Waals surface area contributed by atoms with Crippen LogP contribution in [0.4, 0.5) is 0 Å². The zero-order chi connectivity index (χ0) is 13.2. The van der Waals surface area contributed by atoms with Gasteiger partial charge in [-0.2, -0.15) is 0 Å². The van der Waals surface area contributed by atoms with Crippen molar-refractivity contribution < 1.29 is 4.79 Å². The lowest BCUT2D eigenvalue weighted by Crippen LogP contribution is -2.39. The molecule has 1 aromatic carbocycles. The molecule has 0 radical (unpaired) electrons. The van der Waals surface area contributed by atoms with Crippen molar-refractivity contribution in [1.82, 2.24) is 5.32 Å². The van der Waals surface area contributed by atoms with E-state index in [4.69, 9.17) is 5.73 Å². The van der Waals surface area contributed by atoms with Gasteiger partial charge in [0.05, 0.1) is 0 Å². The van der Waals surface area contributed by atoms with Crippen molar-refractivity contribution in [3.05, 3.63) is 35.9 Å². The molecule has 2 bridgehead atoms. The minimum atomic E-state index is -0.195. The van der Waals surface area contributed by atoms with Gasteiger partial charge in [0.25, 0.3) is 0 Å². The largest absolute Gasteiger partial charge is 0.353 e. The molecule has 3 N–H and O–H groups in total. The molecule has 0 heterocycles. The summed E-state index contributed by atoms with van der Waals surface area (Å²) in [7, 11) is 0. The minimum Gasteiger partial charge on any atom is -0.353 e. The van der Waals surface area contributed by atoms with E-state index in [0.29, 0.717) is 12.5 Å². The van der Waals surface area contributed by atoms with Gasteiger partial charge in [-0.05, 0) is 36.7 Å². The summed E-state index contributed by atoms with van der Waals surface area (Å²) >= 11 is 0. The van der Waals surface area contributed by atoms with Gasteiger partial charge in [0, 0.05) is 18.5 Å². The van der Waals surface area contributed by atoms with Crippen LogP contribution in [0.15, 0.2) is 30.3 Å². The predicted octanol–water partition coefficient (Wildman–Crippen LogP) is 2.80. The highest BCUT2D eigenvalue weighted by atomic mass is 35.5. The number of halogens is 1. The van der Waals surface area contributed by atoms with Crippen molar-refractivity contribution in [3.63, 3.8) is 0 Å². The second-order valence-corrected chi connectivity index (χ2v) is 6.07. The Morgan fingerprint density at radius 3 is 2.60 bits per heavy atom. The van der Waals surface area contributed by atoms with E-state index in [2.05, 4.69) is 5.32 Å². The first-order chi connectivity index (χ1) is 9.22. The van der Waals surface area contributed by atoms with Crippen LogP contribution in [-0.2, 0) is 4.79 Å². The molecule has 0 aromatic heterocycles. The molecule has 0 saturated heterocycles. The summed E-state index contributed by atoms with van der Waals surface area (Å²) in [6.07, 6.45) is 5.53. The molecule has 2 aliphatic rings. The summed E-state index contributed by atoms with van der Waals surface area (Å²) < 4.78 is 0. The molecule has 4 unspecified atom stereocenters. The number of hydrogen-bond donors (Lipinski definition) is 2. The average molecular weight is 295 g/mol. The quantitative estimate of drug-likeness (QED) is 0.897. The molecule has 4 atom stereocenters. The van der Waals surface area contributed by atoms with Crippen LogP contribution >= 0.6 is 12.4 Å². The number of amides is 1. The highest BCUT2D eigenvalue weighted by Crippen LogP contribution is 2.44. The van der Waals surface area contributed by atoms with Crippen molar-refractivity contribution in [3.8, 4) is 0 Å². The molecule has 0 spiro atoms. The fourth-order valence-electron chi connectivity index (χ4n) is 3.71. The van der Waals surface area contributed by atoms with Gasteiger partial charge in [0.15, 0.2) is 0 Å². The standard InChI is InChI=1S/C16H22N2O.ClH/c17-14(12-4-2-1-3-5-12)10-16(19)18-15-9-11-6-7-13(15)8-11;/h1-5,11,13-15H,6-10,17H2,(H,18,19);1H. The lowest BCUT2D eigenvalue weighted by atomic mass is 9.95. The molecule has 1 aromatic rings. The lowest BCUT2D eigenvalue weighted by Gasteiger charge is -2.23. The third-order valence-corrected chi connectivity index (χ3v) is 4.72. The molecular weight excluding hydrogens is 272 g/mol. The molecule has 20 heavy (non-hydrogen) atoms. The Kier molecular flexibility index (Phi) is 5.06. The molecule has 110 valence electrons. The maximum absolute atomic E-state index is 12.1. The van der Waals surface area contributed by atoms with Gasteiger partial charge >= 0.3 is 0 Å². The summed E-state index contributed by atoms with van der Waals surface area (Å²) in [5.74, 6) is 1.69. The van der Waals surface area contributed by atoms with Crippen LogP contribution in [-0.4, -0.2) is 11.9 Å². The van der Waals surface area contributed by atoms with Crippen molar-refractivity contribution in [2.24, 2.45) is 17.6 Å². The number of nitrogens with one attached hydrogen (secondary N) is 1. The van der Waals surface area contributed by atoms with E-state index in [1.165, 1.54) is 25.7 Å². The summed E-state index contributed by atoms with van der Waals surface area (Å²) in [5.41, 5.74) is 7.12. The maximum atomic E-state index is 12.1. The minimum absolute atomic E-state index is 0. The van der Waals surface area contributed by atoms with Gasteiger partial charge in [0.2, 0.25) is 5.91 Å². The predicted molar refractivity (Wildman–Crippen MR) is 82.6 cm³/mol. The first-order valence-corrected chi connectivity index (χ1v) is 7.32. The second kappa shape index (κ2) is 6.59. The topological polar surface area (TPSA) is 55.1 Å². The Hall–Kier alpha value is -1.06. The average Bonchev–Trinajstić information content (AvgIpc) is 3.02. The number of benzene rings is 1. The second-order valence-electron chi connectivity index (χ2n) is 6.07. The number of rotatable bonds is 4. The summed E-state index contributed by atoms with van der Waals surface area (Å²) in [4.78, 5) is 12.1. The van der Waals surface area contributed by atoms with Crippen LogP contribution in [0.25, 0.3) is 0 Å². The van der Waals surface area contributed by atoms with Crippen molar-refractivity contribution in [2.75, 3.05) is 0 Å². The Balaban J connectivity index is 0.00000147. The number of carbonyl (C=O) groups is 1. The molecule has 3 nitrogen and oxygen atoms in total. The van der Waals surface area contributed by atoms with E-state index in [1.54, 1.807) is 0 Å². The van der Waals surface area contributed by atoms with E-state index in [0.717, 1.165) is 17.4 Å². The lowest BCUT2D eigenvalue weighted by molar-refractivity contribution is -0.122. The molecule has 3 rings (SSSR count). The van der Waals surface area contributed by atoms with Gasteiger partial charge in [0.1, 0.15) is 0 Å². The molecule has 2 fully saturated rings. The van der Waals surface area contributed by atoms with Crippen LogP contribution in [0.2, 0.25) is 0 Å². The SMILES string of the molecule is Cl.NC(CC(=O)NC1CC2CCC1C2)c1ccccc1. The third kappa shape index (κ3) is 3.33. The Morgan fingerprint density at radius 2 is 2.00 bits per heavy atom. The zero-order valence-corrected chi connectivity index (χ0v) is 12.4. The Bertz CT molecular complexity index is 451. The van der Waals surface area contributed by atoms with Crippen LogP contribution in [0.1, 0.15) is 43.7 Å². The van der Waals surface area contributed by atoms with E-state index in [1.807, 2.05) is 30.3 Å². The van der Waals surface area contributed by atoms with Crippen molar-refractivity contribution in [2.45, 2.75) is 44.2 Å². The van der Waals surface area contributed by atoms with Gasteiger partial charge in [-0.3, -0.25) is 4.79 Å². The molecule has 0 aliphatic heterocycles. The first kappa shape index (κ1) is 15.3. The maximum Gasteiger partial charge on any atom is 0.222 e. The van der Waals surface area contributed by atoms with Gasteiger partial charge < -0.3 is 11.1 Å². The zero-order valence-electron chi connectivity index (χ0n) is 11.6. The monoisotopic (exact) mass is 294 g/mol. The van der Waals surface area contributed by atoms with Crippen LogP contribution in [0.3, 0.4) is 0 Å². The van der Waals surface area contributed by atoms with Gasteiger partial charge in [-0.15, -0.1) is 12.4 Å². The summed E-state index contributed by atoms with van der Waals surface area (Å²) in [6.45, 7) is 0. The number of fused-ring (bicyclic) bond motifs is 2.